The molecule has 0 aromatic carbocycles. The highest BCUT2D eigenvalue weighted by Gasteiger charge is 2.14. The molecule has 2 rings (SSSR count). The molecule has 1 N–H and O–H groups in total. The van der Waals surface area contributed by atoms with Gasteiger partial charge in [0.15, 0.2) is 6.61 Å². The zero-order valence-electron chi connectivity index (χ0n) is 12.2. The second kappa shape index (κ2) is 6.17. The van der Waals surface area contributed by atoms with Crippen molar-refractivity contribution in [2.75, 3.05) is 6.61 Å². The molecule has 108 valence electrons. The van der Waals surface area contributed by atoms with Crippen LogP contribution in [-0.2, 0) is 4.79 Å². The predicted molar refractivity (Wildman–Crippen MR) is 80.3 cm³/mol. The van der Waals surface area contributed by atoms with Crippen molar-refractivity contribution in [3.63, 3.8) is 0 Å². The molecule has 0 aliphatic carbocycles. The van der Waals surface area contributed by atoms with Crippen LogP contribution in [0.3, 0.4) is 0 Å². The summed E-state index contributed by atoms with van der Waals surface area (Å²) in [5, 5.41) is 3.77. The quantitative estimate of drug-likeness (QED) is 0.920. The molecular weight excluding hydrogens is 274 g/mol. The Morgan fingerprint density at radius 1 is 1.45 bits per heavy atom. The van der Waals surface area contributed by atoms with Crippen molar-refractivity contribution < 1.29 is 9.53 Å². The Morgan fingerprint density at radius 3 is 2.90 bits per heavy atom. The van der Waals surface area contributed by atoms with Crippen molar-refractivity contribution in [3.8, 4) is 5.88 Å². The van der Waals surface area contributed by atoms with E-state index in [1.54, 1.807) is 11.3 Å². The summed E-state index contributed by atoms with van der Waals surface area (Å²) in [7, 11) is 0. The highest BCUT2D eigenvalue weighted by molar-refractivity contribution is 7.18. The van der Waals surface area contributed by atoms with Crippen molar-refractivity contribution >= 4 is 27.5 Å². The molecule has 0 saturated carbocycles. The first-order valence-electron chi connectivity index (χ1n) is 6.65. The largest absolute Gasteiger partial charge is 0.467 e. The highest BCUT2D eigenvalue weighted by Crippen LogP contribution is 2.33. The van der Waals surface area contributed by atoms with E-state index in [4.69, 9.17) is 4.74 Å². The van der Waals surface area contributed by atoms with Gasteiger partial charge in [0, 0.05) is 10.9 Å². The van der Waals surface area contributed by atoms with E-state index in [1.165, 1.54) is 11.2 Å². The van der Waals surface area contributed by atoms with Gasteiger partial charge in [-0.25, -0.2) is 9.97 Å². The fourth-order valence-corrected chi connectivity index (χ4v) is 2.80. The third kappa shape index (κ3) is 3.07. The summed E-state index contributed by atoms with van der Waals surface area (Å²) in [4.78, 5) is 22.2. The molecule has 20 heavy (non-hydrogen) atoms. The molecule has 0 saturated heterocycles. The van der Waals surface area contributed by atoms with Crippen LogP contribution in [0.2, 0.25) is 0 Å². The molecule has 0 fully saturated rings. The lowest BCUT2D eigenvalue weighted by molar-refractivity contribution is -0.123. The molecule has 1 atom stereocenters. The minimum atomic E-state index is -0.129. The third-order valence-corrected chi connectivity index (χ3v) is 4.41. The van der Waals surface area contributed by atoms with Crippen LogP contribution >= 0.6 is 11.3 Å². The molecule has 1 amide bonds. The van der Waals surface area contributed by atoms with Crippen LogP contribution in [0.5, 0.6) is 5.88 Å². The maximum absolute atomic E-state index is 11.7. The molecule has 6 heteroatoms. The maximum atomic E-state index is 11.7. The minimum absolute atomic E-state index is 0.0230. The molecule has 0 aliphatic heterocycles. The Morgan fingerprint density at radius 2 is 2.20 bits per heavy atom. The van der Waals surface area contributed by atoms with Gasteiger partial charge >= 0.3 is 0 Å². The number of rotatable bonds is 5. The molecule has 0 unspecified atom stereocenters. The van der Waals surface area contributed by atoms with Gasteiger partial charge in [-0.15, -0.1) is 11.3 Å². The number of ether oxygens (including phenoxy) is 1. The number of fused-ring (bicyclic) bond motifs is 1. The predicted octanol–water partition coefficient (Wildman–Crippen LogP) is 2.60. The summed E-state index contributed by atoms with van der Waals surface area (Å²) in [6.07, 6.45) is 2.37. The molecule has 0 bridgehead atoms. The van der Waals surface area contributed by atoms with Crippen LogP contribution in [0, 0.1) is 13.8 Å². The number of hydrogen-bond donors (Lipinski definition) is 1. The van der Waals surface area contributed by atoms with E-state index in [0.29, 0.717) is 5.88 Å². The van der Waals surface area contributed by atoms with E-state index < -0.39 is 0 Å². The SMILES string of the molecule is CC[C@@H](C)NC(=O)COc1ncnc2sc(C)c(C)c12. The summed E-state index contributed by atoms with van der Waals surface area (Å²) >= 11 is 1.61. The average molecular weight is 293 g/mol. The van der Waals surface area contributed by atoms with E-state index in [1.807, 2.05) is 27.7 Å². The van der Waals surface area contributed by atoms with Gasteiger partial charge in [-0.3, -0.25) is 4.79 Å². The Balaban J connectivity index is 2.12. The van der Waals surface area contributed by atoms with Crippen molar-refractivity contribution in [2.24, 2.45) is 0 Å². The van der Waals surface area contributed by atoms with Gasteiger partial charge in [-0.1, -0.05) is 6.92 Å². The molecule has 2 aromatic heterocycles. The van der Waals surface area contributed by atoms with Crippen molar-refractivity contribution in [1.29, 1.82) is 0 Å². The lowest BCUT2D eigenvalue weighted by Crippen LogP contribution is -2.35. The number of amides is 1. The van der Waals surface area contributed by atoms with Gasteiger partial charge in [0.1, 0.15) is 11.2 Å². The topological polar surface area (TPSA) is 64.1 Å². The first kappa shape index (κ1) is 14.7. The lowest BCUT2D eigenvalue weighted by Gasteiger charge is -2.12. The number of aryl methyl sites for hydroxylation is 2. The fourth-order valence-electron chi connectivity index (χ4n) is 1.81. The second-order valence-electron chi connectivity index (χ2n) is 4.81. The van der Waals surface area contributed by atoms with Gasteiger partial charge in [0.05, 0.1) is 5.39 Å². The normalized spacial score (nSPS) is 12.4. The van der Waals surface area contributed by atoms with Crippen molar-refractivity contribution in [1.82, 2.24) is 15.3 Å². The van der Waals surface area contributed by atoms with Crippen LogP contribution in [0.4, 0.5) is 0 Å². The summed E-state index contributed by atoms with van der Waals surface area (Å²) < 4.78 is 5.56. The number of nitrogens with zero attached hydrogens (tertiary/aromatic N) is 2. The van der Waals surface area contributed by atoms with E-state index in [9.17, 15) is 4.79 Å². The number of carbonyl (C=O) groups excluding carboxylic acids is 1. The Hall–Kier alpha value is -1.69. The number of carbonyl (C=O) groups is 1. The number of thiophene rings is 1. The Bertz CT molecular complexity index is 624. The third-order valence-electron chi connectivity index (χ3n) is 3.29. The molecular formula is C14H19N3O2S. The van der Waals surface area contributed by atoms with Gasteiger partial charge in [0.2, 0.25) is 5.88 Å². The molecule has 2 aromatic rings. The molecule has 5 nitrogen and oxygen atoms in total. The summed E-state index contributed by atoms with van der Waals surface area (Å²) in [6.45, 7) is 8.03. The summed E-state index contributed by atoms with van der Waals surface area (Å²) in [5.41, 5.74) is 1.11. The van der Waals surface area contributed by atoms with E-state index in [2.05, 4.69) is 15.3 Å². The summed E-state index contributed by atoms with van der Waals surface area (Å²) in [5.74, 6) is 0.354. The van der Waals surface area contributed by atoms with Crippen LogP contribution in [0.15, 0.2) is 6.33 Å². The van der Waals surface area contributed by atoms with Gasteiger partial charge in [-0.2, -0.15) is 0 Å². The Kier molecular flexibility index (Phi) is 4.54. The number of hydrogen-bond acceptors (Lipinski definition) is 5. The zero-order valence-corrected chi connectivity index (χ0v) is 13.0. The van der Waals surface area contributed by atoms with E-state index in [0.717, 1.165) is 22.2 Å². The minimum Gasteiger partial charge on any atom is -0.467 e. The van der Waals surface area contributed by atoms with Crippen LogP contribution in [0.1, 0.15) is 30.7 Å². The van der Waals surface area contributed by atoms with Crippen LogP contribution in [0.25, 0.3) is 10.2 Å². The summed E-state index contributed by atoms with van der Waals surface area (Å²) in [6, 6.07) is 0.154. The number of aromatic nitrogens is 2. The number of nitrogens with one attached hydrogen (secondary N) is 1. The Labute approximate surface area is 122 Å². The highest BCUT2D eigenvalue weighted by atomic mass is 32.1. The molecule has 0 radical (unpaired) electrons. The van der Waals surface area contributed by atoms with E-state index in [-0.39, 0.29) is 18.6 Å². The monoisotopic (exact) mass is 293 g/mol. The zero-order chi connectivity index (χ0) is 14.7. The van der Waals surface area contributed by atoms with Gasteiger partial charge in [-0.05, 0) is 32.8 Å². The average Bonchev–Trinajstić information content (AvgIpc) is 2.72. The standard InChI is InChI=1S/C14H19N3O2S/c1-5-8(2)17-11(18)6-19-13-12-9(3)10(4)20-14(12)16-7-15-13/h7-8H,5-6H2,1-4H3,(H,17,18)/t8-/m1/s1. The molecule has 0 spiro atoms. The van der Waals surface area contributed by atoms with Crippen molar-refractivity contribution in [2.45, 2.75) is 40.2 Å². The van der Waals surface area contributed by atoms with Crippen LogP contribution < -0.4 is 10.1 Å². The van der Waals surface area contributed by atoms with Gasteiger partial charge in [0.25, 0.3) is 5.91 Å². The fraction of sp³-hybridized carbons (Fsp3) is 0.500. The van der Waals surface area contributed by atoms with Crippen LogP contribution in [-0.4, -0.2) is 28.5 Å². The van der Waals surface area contributed by atoms with Crippen molar-refractivity contribution in [3.05, 3.63) is 16.8 Å². The molecule has 0 aliphatic rings. The first-order valence-corrected chi connectivity index (χ1v) is 7.47. The van der Waals surface area contributed by atoms with E-state index >= 15 is 0 Å². The maximum Gasteiger partial charge on any atom is 0.258 e. The molecule has 2 heterocycles. The van der Waals surface area contributed by atoms with Gasteiger partial charge < -0.3 is 10.1 Å². The second-order valence-corrected chi connectivity index (χ2v) is 6.01. The smallest absolute Gasteiger partial charge is 0.258 e. The lowest BCUT2D eigenvalue weighted by atomic mass is 10.2. The first-order chi connectivity index (χ1) is 9.52.